The molecule has 5 nitrogen and oxygen atoms in total. The molecule has 3 N–H and O–H groups in total. The number of ether oxygens (including phenoxy) is 1. The second-order valence-electron chi connectivity index (χ2n) is 4.78. The molecule has 1 fully saturated rings. The molecule has 2 rings (SSSR count). The number of aliphatic hydroxyl groups excluding tert-OH is 1. The van der Waals surface area contributed by atoms with Crippen LogP contribution in [0.3, 0.4) is 0 Å². The fraction of sp³-hybridized carbons (Fsp3) is 0.500. The Labute approximate surface area is 113 Å². The van der Waals surface area contributed by atoms with Crippen molar-refractivity contribution in [2.75, 3.05) is 18.5 Å². The number of anilines is 1. The summed E-state index contributed by atoms with van der Waals surface area (Å²) in [7, 11) is 0. The van der Waals surface area contributed by atoms with Gasteiger partial charge in [0.05, 0.1) is 6.10 Å². The van der Waals surface area contributed by atoms with Crippen molar-refractivity contribution in [3.63, 3.8) is 0 Å². The summed E-state index contributed by atoms with van der Waals surface area (Å²) in [5.41, 5.74) is 1.55. The fourth-order valence-electron chi connectivity index (χ4n) is 2.04. The van der Waals surface area contributed by atoms with E-state index in [1.807, 2.05) is 0 Å². The molecule has 0 bridgehead atoms. The molecule has 0 spiro atoms. The maximum Gasteiger partial charge on any atom is 0.319 e. The van der Waals surface area contributed by atoms with Crippen molar-refractivity contribution in [3.05, 3.63) is 29.8 Å². The van der Waals surface area contributed by atoms with Gasteiger partial charge in [-0.05, 0) is 37.5 Å². The number of benzene rings is 1. The lowest BCUT2D eigenvalue weighted by Gasteiger charge is -2.23. The van der Waals surface area contributed by atoms with Gasteiger partial charge in [-0.25, -0.2) is 4.79 Å². The smallest absolute Gasteiger partial charge is 0.319 e. The van der Waals surface area contributed by atoms with E-state index < -0.39 is 6.10 Å². The Morgan fingerprint density at radius 1 is 1.32 bits per heavy atom. The van der Waals surface area contributed by atoms with Gasteiger partial charge in [-0.3, -0.25) is 0 Å². The first-order chi connectivity index (χ1) is 9.15. The predicted molar refractivity (Wildman–Crippen MR) is 73.1 cm³/mol. The van der Waals surface area contributed by atoms with Gasteiger partial charge in [-0.15, -0.1) is 0 Å². The summed E-state index contributed by atoms with van der Waals surface area (Å²) in [5, 5.41) is 15.1. The maximum absolute atomic E-state index is 11.8. The number of hydrogen-bond donors (Lipinski definition) is 3. The van der Waals surface area contributed by atoms with Crippen LogP contribution in [0.4, 0.5) is 10.5 Å². The summed E-state index contributed by atoms with van der Waals surface area (Å²) in [6.45, 7) is 3.11. The van der Waals surface area contributed by atoms with Crippen LogP contribution in [-0.2, 0) is 4.74 Å². The average Bonchev–Trinajstić information content (AvgIpc) is 2.40. The summed E-state index contributed by atoms with van der Waals surface area (Å²) >= 11 is 0. The van der Waals surface area contributed by atoms with Crippen molar-refractivity contribution >= 4 is 11.7 Å². The van der Waals surface area contributed by atoms with E-state index in [4.69, 9.17) is 4.74 Å². The summed E-state index contributed by atoms with van der Waals surface area (Å²) in [6.07, 6.45) is 1.22. The highest BCUT2D eigenvalue weighted by Crippen LogP contribution is 2.15. The van der Waals surface area contributed by atoms with E-state index in [0.29, 0.717) is 18.9 Å². The molecule has 2 amide bonds. The number of carbonyl (C=O) groups excluding carboxylic acids is 1. The minimum Gasteiger partial charge on any atom is -0.389 e. The molecule has 1 aliphatic rings. The van der Waals surface area contributed by atoms with Crippen LogP contribution in [-0.4, -0.2) is 30.4 Å². The van der Waals surface area contributed by atoms with Crippen LogP contribution in [0.25, 0.3) is 0 Å². The standard InChI is InChI=1S/C14H20N2O3/c1-10(17)11-2-4-12(5-3-11)15-14(18)16-13-6-8-19-9-7-13/h2-5,10,13,17H,6-9H2,1H3,(H2,15,16,18). The van der Waals surface area contributed by atoms with E-state index in [1.165, 1.54) is 0 Å². The molecule has 1 heterocycles. The van der Waals surface area contributed by atoms with E-state index in [2.05, 4.69) is 10.6 Å². The Bertz CT molecular complexity index is 411. The Morgan fingerprint density at radius 3 is 2.53 bits per heavy atom. The number of aliphatic hydroxyl groups is 1. The summed E-state index contributed by atoms with van der Waals surface area (Å²) in [6, 6.07) is 7.16. The summed E-state index contributed by atoms with van der Waals surface area (Å²) < 4.78 is 5.24. The molecule has 0 aliphatic carbocycles. The Balaban J connectivity index is 1.84. The van der Waals surface area contributed by atoms with Gasteiger partial charge in [-0.2, -0.15) is 0 Å². The third kappa shape index (κ3) is 4.22. The van der Waals surface area contributed by atoms with Crippen molar-refractivity contribution < 1.29 is 14.6 Å². The maximum atomic E-state index is 11.8. The molecule has 1 aromatic rings. The van der Waals surface area contributed by atoms with Crippen molar-refractivity contribution in [1.29, 1.82) is 0 Å². The molecule has 0 saturated carbocycles. The molecular formula is C14H20N2O3. The third-order valence-corrected chi connectivity index (χ3v) is 3.21. The number of urea groups is 1. The summed E-state index contributed by atoms with van der Waals surface area (Å²) in [4.78, 5) is 11.8. The van der Waals surface area contributed by atoms with E-state index in [1.54, 1.807) is 31.2 Å². The highest BCUT2D eigenvalue weighted by atomic mass is 16.5. The quantitative estimate of drug-likeness (QED) is 0.782. The third-order valence-electron chi connectivity index (χ3n) is 3.21. The second kappa shape index (κ2) is 6.54. The molecule has 1 saturated heterocycles. The van der Waals surface area contributed by atoms with Gasteiger partial charge in [0.1, 0.15) is 0 Å². The monoisotopic (exact) mass is 264 g/mol. The molecule has 5 heteroatoms. The molecule has 0 radical (unpaired) electrons. The molecule has 1 aliphatic heterocycles. The minimum absolute atomic E-state index is 0.186. The molecule has 1 atom stereocenters. The average molecular weight is 264 g/mol. The second-order valence-corrected chi connectivity index (χ2v) is 4.78. The lowest BCUT2D eigenvalue weighted by atomic mass is 10.1. The molecule has 0 aromatic heterocycles. The van der Waals surface area contributed by atoms with E-state index in [9.17, 15) is 9.90 Å². The van der Waals surface area contributed by atoms with Gasteiger partial charge < -0.3 is 20.5 Å². The molecule has 1 unspecified atom stereocenters. The van der Waals surface area contributed by atoms with Gasteiger partial charge in [-0.1, -0.05) is 12.1 Å². The fourth-order valence-corrected chi connectivity index (χ4v) is 2.04. The molecule has 1 aromatic carbocycles. The van der Waals surface area contributed by atoms with Gasteiger partial charge in [0.15, 0.2) is 0 Å². The van der Waals surface area contributed by atoms with Crippen LogP contribution in [0.5, 0.6) is 0 Å². The topological polar surface area (TPSA) is 70.6 Å². The van der Waals surface area contributed by atoms with E-state index in [-0.39, 0.29) is 12.1 Å². The lowest BCUT2D eigenvalue weighted by molar-refractivity contribution is 0.0806. The number of amides is 2. The predicted octanol–water partition coefficient (Wildman–Crippen LogP) is 2.04. The largest absolute Gasteiger partial charge is 0.389 e. The zero-order valence-electron chi connectivity index (χ0n) is 11.1. The van der Waals surface area contributed by atoms with Gasteiger partial charge in [0.2, 0.25) is 0 Å². The van der Waals surface area contributed by atoms with E-state index in [0.717, 1.165) is 18.4 Å². The Kier molecular flexibility index (Phi) is 4.76. The number of nitrogens with one attached hydrogen (secondary N) is 2. The van der Waals surface area contributed by atoms with Crippen LogP contribution in [0.1, 0.15) is 31.4 Å². The lowest BCUT2D eigenvalue weighted by Crippen LogP contribution is -2.41. The SMILES string of the molecule is CC(O)c1ccc(NC(=O)NC2CCOCC2)cc1. The van der Waals surface area contributed by atoms with Crippen molar-refractivity contribution in [2.45, 2.75) is 31.9 Å². The highest BCUT2D eigenvalue weighted by Gasteiger charge is 2.15. The van der Waals surface area contributed by atoms with Gasteiger partial charge in [0, 0.05) is 24.9 Å². The first-order valence-corrected chi connectivity index (χ1v) is 6.58. The summed E-state index contributed by atoms with van der Waals surface area (Å²) in [5.74, 6) is 0. The molecule has 19 heavy (non-hydrogen) atoms. The van der Waals surface area contributed by atoms with Crippen LogP contribution in [0.15, 0.2) is 24.3 Å². The van der Waals surface area contributed by atoms with Crippen LogP contribution in [0, 0.1) is 0 Å². The van der Waals surface area contributed by atoms with Crippen LogP contribution in [0.2, 0.25) is 0 Å². The van der Waals surface area contributed by atoms with Crippen LogP contribution >= 0.6 is 0 Å². The number of hydrogen-bond acceptors (Lipinski definition) is 3. The van der Waals surface area contributed by atoms with E-state index >= 15 is 0 Å². The number of rotatable bonds is 3. The first-order valence-electron chi connectivity index (χ1n) is 6.58. The van der Waals surface area contributed by atoms with Crippen LogP contribution < -0.4 is 10.6 Å². The Hall–Kier alpha value is -1.59. The van der Waals surface area contributed by atoms with Crippen molar-refractivity contribution in [1.82, 2.24) is 5.32 Å². The van der Waals surface area contributed by atoms with Crippen molar-refractivity contribution in [2.24, 2.45) is 0 Å². The zero-order valence-corrected chi connectivity index (χ0v) is 11.1. The molecule has 104 valence electrons. The van der Waals surface area contributed by atoms with Crippen molar-refractivity contribution in [3.8, 4) is 0 Å². The normalized spacial score (nSPS) is 17.8. The van der Waals surface area contributed by atoms with Gasteiger partial charge >= 0.3 is 6.03 Å². The number of carbonyl (C=O) groups is 1. The zero-order chi connectivity index (χ0) is 13.7. The Morgan fingerprint density at radius 2 is 1.95 bits per heavy atom. The first kappa shape index (κ1) is 13.8. The van der Waals surface area contributed by atoms with Gasteiger partial charge in [0.25, 0.3) is 0 Å². The molecular weight excluding hydrogens is 244 g/mol. The highest BCUT2D eigenvalue weighted by molar-refractivity contribution is 5.89. The minimum atomic E-state index is -0.495.